The third-order valence-corrected chi connectivity index (χ3v) is 2.27. The van der Waals surface area contributed by atoms with Crippen LogP contribution in [0.4, 0.5) is 0 Å². The first-order valence-corrected chi connectivity index (χ1v) is 4.16. The molecule has 1 aliphatic carbocycles. The predicted octanol–water partition coefficient (Wildman–Crippen LogP) is 0.248. The topological polar surface area (TPSA) is 55.1 Å². The molecule has 0 aromatic rings. The molecule has 0 radical (unpaired) electrons. The highest BCUT2D eigenvalue weighted by molar-refractivity contribution is 5.79. The SMILES string of the molecule is CC(NC(C)C1CC1)C(N)=O. The van der Waals surface area contributed by atoms with Crippen molar-refractivity contribution in [1.82, 2.24) is 5.32 Å². The monoisotopic (exact) mass is 156 g/mol. The van der Waals surface area contributed by atoms with E-state index in [2.05, 4.69) is 12.2 Å². The lowest BCUT2D eigenvalue weighted by molar-refractivity contribution is -0.119. The molecular formula is C8H16N2O. The number of nitrogens with one attached hydrogen (secondary N) is 1. The zero-order valence-electron chi connectivity index (χ0n) is 7.13. The largest absolute Gasteiger partial charge is 0.368 e. The maximum atomic E-state index is 10.6. The Morgan fingerprint density at radius 3 is 2.45 bits per heavy atom. The fraction of sp³-hybridized carbons (Fsp3) is 0.875. The molecule has 2 atom stereocenters. The van der Waals surface area contributed by atoms with E-state index in [1.54, 1.807) is 6.92 Å². The van der Waals surface area contributed by atoms with Crippen molar-refractivity contribution < 1.29 is 4.79 Å². The number of rotatable bonds is 4. The van der Waals surface area contributed by atoms with Gasteiger partial charge in [0.05, 0.1) is 6.04 Å². The van der Waals surface area contributed by atoms with Crippen molar-refractivity contribution in [3.8, 4) is 0 Å². The van der Waals surface area contributed by atoms with Gasteiger partial charge in [0.25, 0.3) is 0 Å². The highest BCUT2D eigenvalue weighted by atomic mass is 16.1. The molecule has 0 aromatic heterocycles. The van der Waals surface area contributed by atoms with Crippen molar-refractivity contribution in [2.75, 3.05) is 0 Å². The van der Waals surface area contributed by atoms with E-state index in [-0.39, 0.29) is 11.9 Å². The van der Waals surface area contributed by atoms with E-state index in [1.807, 2.05) is 0 Å². The van der Waals surface area contributed by atoms with Gasteiger partial charge in [0.15, 0.2) is 0 Å². The quantitative estimate of drug-likeness (QED) is 0.613. The van der Waals surface area contributed by atoms with Gasteiger partial charge < -0.3 is 11.1 Å². The van der Waals surface area contributed by atoms with Gasteiger partial charge in [-0.2, -0.15) is 0 Å². The lowest BCUT2D eigenvalue weighted by Gasteiger charge is -2.16. The van der Waals surface area contributed by atoms with E-state index in [0.717, 1.165) is 5.92 Å². The summed E-state index contributed by atoms with van der Waals surface area (Å²) in [5, 5.41) is 3.17. The minimum atomic E-state index is -0.266. The molecule has 3 nitrogen and oxygen atoms in total. The molecule has 0 saturated heterocycles. The van der Waals surface area contributed by atoms with Gasteiger partial charge in [0.2, 0.25) is 5.91 Å². The van der Waals surface area contributed by atoms with E-state index < -0.39 is 0 Å². The number of carbonyl (C=O) groups is 1. The van der Waals surface area contributed by atoms with Gasteiger partial charge in [-0.05, 0) is 32.6 Å². The van der Waals surface area contributed by atoms with Crippen LogP contribution in [0.15, 0.2) is 0 Å². The van der Waals surface area contributed by atoms with Crippen LogP contribution >= 0.6 is 0 Å². The van der Waals surface area contributed by atoms with E-state index in [1.165, 1.54) is 12.8 Å². The summed E-state index contributed by atoms with van der Waals surface area (Å²) >= 11 is 0. The third kappa shape index (κ3) is 2.50. The lowest BCUT2D eigenvalue weighted by Crippen LogP contribution is -2.44. The average molecular weight is 156 g/mol. The predicted molar refractivity (Wildman–Crippen MR) is 44.0 cm³/mol. The molecule has 64 valence electrons. The zero-order valence-corrected chi connectivity index (χ0v) is 7.13. The molecule has 1 aliphatic rings. The summed E-state index contributed by atoms with van der Waals surface area (Å²) < 4.78 is 0. The normalized spacial score (nSPS) is 22.7. The average Bonchev–Trinajstić information content (AvgIpc) is 2.67. The van der Waals surface area contributed by atoms with Crippen molar-refractivity contribution in [3.05, 3.63) is 0 Å². The van der Waals surface area contributed by atoms with Gasteiger partial charge in [0.1, 0.15) is 0 Å². The van der Waals surface area contributed by atoms with Gasteiger partial charge in [-0.1, -0.05) is 0 Å². The molecule has 0 aliphatic heterocycles. The summed E-state index contributed by atoms with van der Waals surface area (Å²) in [5.74, 6) is 0.509. The Balaban J connectivity index is 2.22. The fourth-order valence-corrected chi connectivity index (χ4v) is 1.21. The molecule has 1 amide bonds. The molecular weight excluding hydrogens is 140 g/mol. The maximum absolute atomic E-state index is 10.6. The molecule has 1 saturated carbocycles. The molecule has 3 N–H and O–H groups in total. The van der Waals surface area contributed by atoms with Crippen LogP contribution < -0.4 is 11.1 Å². The molecule has 2 unspecified atom stereocenters. The molecule has 0 bridgehead atoms. The van der Waals surface area contributed by atoms with E-state index in [9.17, 15) is 4.79 Å². The van der Waals surface area contributed by atoms with E-state index >= 15 is 0 Å². The van der Waals surface area contributed by atoms with E-state index in [4.69, 9.17) is 5.73 Å². The minimum Gasteiger partial charge on any atom is -0.368 e. The Bertz CT molecular complexity index is 154. The molecule has 1 rings (SSSR count). The molecule has 0 aromatic carbocycles. The fourth-order valence-electron chi connectivity index (χ4n) is 1.21. The summed E-state index contributed by atoms with van der Waals surface area (Å²) in [4.78, 5) is 10.6. The van der Waals surface area contributed by atoms with Crippen molar-refractivity contribution in [2.45, 2.75) is 38.8 Å². The van der Waals surface area contributed by atoms with Crippen molar-refractivity contribution in [2.24, 2.45) is 11.7 Å². The van der Waals surface area contributed by atoms with Gasteiger partial charge in [-0.3, -0.25) is 4.79 Å². The van der Waals surface area contributed by atoms with Crippen molar-refractivity contribution in [3.63, 3.8) is 0 Å². The number of primary amides is 1. The maximum Gasteiger partial charge on any atom is 0.234 e. The second-order valence-corrected chi connectivity index (χ2v) is 3.42. The molecule has 11 heavy (non-hydrogen) atoms. The van der Waals surface area contributed by atoms with Gasteiger partial charge in [-0.25, -0.2) is 0 Å². The van der Waals surface area contributed by atoms with Crippen LogP contribution in [0.2, 0.25) is 0 Å². The summed E-state index contributed by atoms with van der Waals surface area (Å²) in [6.45, 7) is 3.92. The first-order chi connectivity index (χ1) is 5.11. The number of amides is 1. The van der Waals surface area contributed by atoms with Gasteiger partial charge >= 0.3 is 0 Å². The number of hydrogen-bond donors (Lipinski definition) is 2. The molecule has 0 spiro atoms. The molecule has 0 heterocycles. The molecule has 1 fully saturated rings. The number of carbonyl (C=O) groups excluding carboxylic acids is 1. The highest BCUT2D eigenvalue weighted by Gasteiger charge is 2.29. The summed E-state index contributed by atoms with van der Waals surface area (Å²) in [5.41, 5.74) is 5.10. The van der Waals surface area contributed by atoms with Crippen LogP contribution in [0.25, 0.3) is 0 Å². The zero-order chi connectivity index (χ0) is 8.43. The number of hydrogen-bond acceptors (Lipinski definition) is 2. The van der Waals surface area contributed by atoms with Crippen LogP contribution in [-0.2, 0) is 4.79 Å². The summed E-state index contributed by atoms with van der Waals surface area (Å²) in [6.07, 6.45) is 2.58. The third-order valence-electron chi connectivity index (χ3n) is 2.27. The van der Waals surface area contributed by atoms with Gasteiger partial charge in [-0.15, -0.1) is 0 Å². The Kier molecular flexibility index (Phi) is 2.49. The smallest absolute Gasteiger partial charge is 0.234 e. The van der Waals surface area contributed by atoms with Gasteiger partial charge in [0, 0.05) is 6.04 Å². The first kappa shape index (κ1) is 8.53. The second kappa shape index (κ2) is 3.22. The summed E-state index contributed by atoms with van der Waals surface area (Å²) in [7, 11) is 0. The Morgan fingerprint density at radius 1 is 1.55 bits per heavy atom. The van der Waals surface area contributed by atoms with Crippen LogP contribution in [0.1, 0.15) is 26.7 Å². The van der Waals surface area contributed by atoms with Crippen molar-refractivity contribution in [1.29, 1.82) is 0 Å². The Hall–Kier alpha value is -0.570. The van der Waals surface area contributed by atoms with Crippen LogP contribution in [-0.4, -0.2) is 18.0 Å². The van der Waals surface area contributed by atoms with Crippen LogP contribution in [0, 0.1) is 5.92 Å². The highest BCUT2D eigenvalue weighted by Crippen LogP contribution is 2.32. The minimum absolute atomic E-state index is 0.189. The second-order valence-electron chi connectivity index (χ2n) is 3.42. The standard InChI is InChI=1S/C8H16N2O/c1-5(7-3-4-7)10-6(2)8(9)11/h5-7,10H,3-4H2,1-2H3,(H2,9,11). The van der Waals surface area contributed by atoms with Crippen LogP contribution in [0.3, 0.4) is 0 Å². The first-order valence-electron chi connectivity index (χ1n) is 4.16. The van der Waals surface area contributed by atoms with E-state index in [0.29, 0.717) is 6.04 Å². The lowest BCUT2D eigenvalue weighted by atomic mass is 10.2. The van der Waals surface area contributed by atoms with Crippen LogP contribution in [0.5, 0.6) is 0 Å². The Labute approximate surface area is 67.3 Å². The molecule has 3 heteroatoms. The Morgan fingerprint density at radius 2 is 2.09 bits per heavy atom. The number of nitrogens with two attached hydrogens (primary N) is 1. The van der Waals surface area contributed by atoms with Crippen molar-refractivity contribution >= 4 is 5.91 Å². The summed E-state index contributed by atoms with van der Waals surface area (Å²) in [6, 6.07) is 0.253.